The number of aromatic nitrogens is 2. The summed E-state index contributed by atoms with van der Waals surface area (Å²) < 4.78 is 6.41. The van der Waals surface area contributed by atoms with E-state index in [0.717, 1.165) is 5.56 Å². The van der Waals surface area contributed by atoms with Crippen LogP contribution < -0.4 is 5.32 Å². The highest BCUT2D eigenvalue weighted by Gasteiger charge is 2.16. The first kappa shape index (κ1) is 16.4. The average molecular weight is 315 g/mol. The Morgan fingerprint density at radius 2 is 1.87 bits per heavy atom. The number of nitrogens with one attached hydrogen (secondary N) is 1. The number of imide groups is 1. The van der Waals surface area contributed by atoms with Crippen molar-refractivity contribution in [2.45, 2.75) is 13.3 Å². The highest BCUT2D eigenvalue weighted by Crippen LogP contribution is 2.07. The third-order valence-corrected chi connectivity index (χ3v) is 3.28. The van der Waals surface area contributed by atoms with E-state index >= 15 is 0 Å². The third-order valence-electron chi connectivity index (χ3n) is 3.28. The zero-order valence-electron chi connectivity index (χ0n) is 12.9. The molecule has 7 nitrogen and oxygen atoms in total. The van der Waals surface area contributed by atoms with Crippen molar-refractivity contribution < 1.29 is 19.1 Å². The van der Waals surface area contributed by atoms with Crippen molar-refractivity contribution in [2.75, 3.05) is 6.61 Å². The maximum Gasteiger partial charge on any atom is 0.342 e. The second-order valence-electron chi connectivity index (χ2n) is 4.98. The first-order valence-corrected chi connectivity index (χ1v) is 6.99. The van der Waals surface area contributed by atoms with Crippen LogP contribution in [-0.4, -0.2) is 34.2 Å². The number of esters is 1. The summed E-state index contributed by atoms with van der Waals surface area (Å²) in [6.45, 7) is 1.20. The summed E-state index contributed by atoms with van der Waals surface area (Å²) in [5.41, 5.74) is 1.72. The van der Waals surface area contributed by atoms with Gasteiger partial charge in [-0.05, 0) is 12.5 Å². The fourth-order valence-electron chi connectivity index (χ4n) is 1.92. The molecule has 120 valence electrons. The van der Waals surface area contributed by atoms with Crippen LogP contribution >= 0.6 is 0 Å². The van der Waals surface area contributed by atoms with Crippen LogP contribution in [0.2, 0.25) is 0 Å². The first-order valence-electron chi connectivity index (χ1n) is 6.99. The molecule has 0 spiro atoms. The quantitative estimate of drug-likeness (QED) is 0.823. The summed E-state index contributed by atoms with van der Waals surface area (Å²) in [6, 6.07) is 9.03. The van der Waals surface area contributed by atoms with E-state index < -0.39 is 24.4 Å². The monoisotopic (exact) mass is 315 g/mol. The van der Waals surface area contributed by atoms with Crippen LogP contribution in [0.15, 0.2) is 36.5 Å². The summed E-state index contributed by atoms with van der Waals surface area (Å²) in [7, 11) is 1.70. The SMILES string of the molecule is Cc1c(C(=O)OCC(=O)NC(=O)Cc2ccccc2)cnn1C. The Balaban J connectivity index is 1.80. The Labute approximate surface area is 133 Å². The van der Waals surface area contributed by atoms with Gasteiger partial charge in [0.25, 0.3) is 5.91 Å². The number of nitrogens with zero attached hydrogens (tertiary/aromatic N) is 2. The maximum atomic E-state index is 11.8. The molecule has 0 aliphatic rings. The van der Waals surface area contributed by atoms with Crippen LogP contribution in [-0.2, 0) is 27.8 Å². The van der Waals surface area contributed by atoms with E-state index in [1.54, 1.807) is 26.1 Å². The third kappa shape index (κ3) is 4.50. The Kier molecular flexibility index (Phi) is 5.24. The summed E-state index contributed by atoms with van der Waals surface area (Å²) in [4.78, 5) is 35.2. The van der Waals surface area contributed by atoms with Gasteiger partial charge in [0.1, 0.15) is 5.56 Å². The van der Waals surface area contributed by atoms with E-state index in [1.165, 1.54) is 10.9 Å². The Bertz CT molecular complexity index is 722. The highest BCUT2D eigenvalue weighted by atomic mass is 16.5. The maximum absolute atomic E-state index is 11.8. The van der Waals surface area contributed by atoms with Crippen molar-refractivity contribution in [3.8, 4) is 0 Å². The number of benzene rings is 1. The largest absolute Gasteiger partial charge is 0.452 e. The van der Waals surface area contributed by atoms with Gasteiger partial charge in [-0.15, -0.1) is 0 Å². The van der Waals surface area contributed by atoms with E-state index in [2.05, 4.69) is 10.4 Å². The Hall–Kier alpha value is -2.96. The highest BCUT2D eigenvalue weighted by molar-refractivity contribution is 5.98. The lowest BCUT2D eigenvalue weighted by Gasteiger charge is -2.06. The average Bonchev–Trinajstić information content (AvgIpc) is 2.85. The van der Waals surface area contributed by atoms with Crippen molar-refractivity contribution in [3.63, 3.8) is 0 Å². The van der Waals surface area contributed by atoms with Crippen LogP contribution in [0.4, 0.5) is 0 Å². The summed E-state index contributed by atoms with van der Waals surface area (Å²) in [5.74, 6) is -1.77. The molecule has 0 aliphatic heterocycles. The minimum absolute atomic E-state index is 0.0856. The molecule has 1 aromatic heterocycles. The predicted octanol–water partition coefficient (Wildman–Crippen LogP) is 0.771. The topological polar surface area (TPSA) is 90.3 Å². The molecule has 1 heterocycles. The molecule has 0 aliphatic carbocycles. The number of rotatable bonds is 5. The van der Waals surface area contributed by atoms with Gasteiger partial charge in [-0.3, -0.25) is 19.6 Å². The van der Waals surface area contributed by atoms with Gasteiger partial charge in [0.2, 0.25) is 5.91 Å². The number of carbonyl (C=O) groups excluding carboxylic acids is 3. The molecule has 23 heavy (non-hydrogen) atoms. The molecule has 0 unspecified atom stereocenters. The molecule has 1 N–H and O–H groups in total. The van der Waals surface area contributed by atoms with Crippen molar-refractivity contribution >= 4 is 17.8 Å². The fraction of sp³-hybridized carbons (Fsp3) is 0.250. The molecule has 1 aromatic carbocycles. The van der Waals surface area contributed by atoms with Gasteiger partial charge < -0.3 is 4.74 Å². The molecule has 0 saturated carbocycles. The minimum atomic E-state index is -0.666. The standard InChI is InChI=1S/C16H17N3O4/c1-11-13(9-17-19(11)2)16(22)23-10-15(21)18-14(20)8-12-6-4-3-5-7-12/h3-7,9H,8,10H2,1-2H3,(H,18,20,21). The van der Waals surface area contributed by atoms with E-state index in [-0.39, 0.29) is 12.0 Å². The van der Waals surface area contributed by atoms with E-state index in [9.17, 15) is 14.4 Å². The Morgan fingerprint density at radius 3 is 2.48 bits per heavy atom. The Morgan fingerprint density at radius 1 is 1.17 bits per heavy atom. The van der Waals surface area contributed by atoms with Gasteiger partial charge in [0.15, 0.2) is 6.61 Å². The van der Waals surface area contributed by atoms with Crippen molar-refractivity contribution in [1.82, 2.24) is 15.1 Å². The number of hydrogen-bond acceptors (Lipinski definition) is 5. The fourth-order valence-corrected chi connectivity index (χ4v) is 1.92. The van der Waals surface area contributed by atoms with Crippen molar-refractivity contribution in [1.29, 1.82) is 0 Å². The summed E-state index contributed by atoms with van der Waals surface area (Å²) in [5, 5.41) is 6.10. The van der Waals surface area contributed by atoms with Crippen LogP contribution in [0, 0.1) is 6.92 Å². The second-order valence-corrected chi connectivity index (χ2v) is 4.98. The van der Waals surface area contributed by atoms with Crippen LogP contribution in [0.5, 0.6) is 0 Å². The lowest BCUT2D eigenvalue weighted by atomic mass is 10.1. The van der Waals surface area contributed by atoms with Crippen molar-refractivity contribution in [2.24, 2.45) is 7.05 Å². The van der Waals surface area contributed by atoms with Gasteiger partial charge in [0, 0.05) is 12.7 Å². The molecule has 2 rings (SSSR count). The van der Waals surface area contributed by atoms with Crippen molar-refractivity contribution in [3.05, 3.63) is 53.3 Å². The van der Waals surface area contributed by atoms with E-state index in [1.807, 2.05) is 18.2 Å². The molecular formula is C16H17N3O4. The number of aryl methyl sites for hydroxylation is 1. The van der Waals surface area contributed by atoms with E-state index in [4.69, 9.17) is 4.74 Å². The van der Waals surface area contributed by atoms with Crippen LogP contribution in [0.1, 0.15) is 21.6 Å². The number of carbonyl (C=O) groups is 3. The molecular weight excluding hydrogens is 298 g/mol. The lowest BCUT2D eigenvalue weighted by molar-refractivity contribution is -0.132. The summed E-state index contributed by atoms with van der Waals surface area (Å²) >= 11 is 0. The molecule has 0 radical (unpaired) electrons. The molecule has 0 fully saturated rings. The zero-order valence-corrected chi connectivity index (χ0v) is 12.9. The van der Waals surface area contributed by atoms with Gasteiger partial charge in [-0.2, -0.15) is 5.10 Å². The molecule has 2 aromatic rings. The lowest BCUT2D eigenvalue weighted by Crippen LogP contribution is -2.35. The normalized spacial score (nSPS) is 10.2. The van der Waals surface area contributed by atoms with E-state index in [0.29, 0.717) is 5.69 Å². The predicted molar refractivity (Wildman–Crippen MR) is 81.5 cm³/mol. The smallest absolute Gasteiger partial charge is 0.342 e. The van der Waals surface area contributed by atoms with Gasteiger partial charge >= 0.3 is 5.97 Å². The number of hydrogen-bond donors (Lipinski definition) is 1. The second kappa shape index (κ2) is 7.35. The molecule has 0 atom stereocenters. The van der Waals surface area contributed by atoms with Crippen LogP contribution in [0.3, 0.4) is 0 Å². The molecule has 0 saturated heterocycles. The molecule has 7 heteroatoms. The van der Waals surface area contributed by atoms with Gasteiger partial charge in [-0.1, -0.05) is 30.3 Å². The van der Waals surface area contributed by atoms with Gasteiger partial charge in [0.05, 0.1) is 12.6 Å². The zero-order chi connectivity index (χ0) is 16.8. The minimum Gasteiger partial charge on any atom is -0.452 e. The molecule has 0 bridgehead atoms. The molecule has 2 amide bonds. The number of amides is 2. The van der Waals surface area contributed by atoms with Crippen LogP contribution in [0.25, 0.3) is 0 Å². The first-order chi connectivity index (χ1) is 11.0. The summed E-state index contributed by atoms with van der Waals surface area (Å²) in [6.07, 6.45) is 1.46. The van der Waals surface area contributed by atoms with Gasteiger partial charge in [-0.25, -0.2) is 4.79 Å². The number of ether oxygens (including phenoxy) is 1.